The molecule has 88 valence electrons. The highest BCUT2D eigenvalue weighted by Crippen LogP contribution is 2.37. The second kappa shape index (κ2) is 4.88. The summed E-state index contributed by atoms with van der Waals surface area (Å²) in [6.07, 6.45) is 6.47. The Morgan fingerprint density at radius 2 is 1.94 bits per heavy atom. The summed E-state index contributed by atoms with van der Waals surface area (Å²) >= 11 is 0. The minimum atomic E-state index is 0.173. The van der Waals surface area contributed by atoms with E-state index in [1.807, 2.05) is 6.07 Å². The molecule has 0 saturated heterocycles. The SMILES string of the molecule is CNC1(c2cccc(OC)c2)CCCCC1. The van der Waals surface area contributed by atoms with Gasteiger partial charge in [-0.2, -0.15) is 0 Å². The molecule has 0 radical (unpaired) electrons. The number of benzene rings is 1. The molecule has 0 amide bonds. The van der Waals surface area contributed by atoms with Gasteiger partial charge in [-0.15, -0.1) is 0 Å². The Bertz CT molecular complexity index is 342. The van der Waals surface area contributed by atoms with Crippen LogP contribution in [-0.4, -0.2) is 14.2 Å². The second-order valence-corrected chi connectivity index (χ2v) is 4.62. The van der Waals surface area contributed by atoms with E-state index in [1.54, 1.807) is 7.11 Å². The Hall–Kier alpha value is -1.02. The fourth-order valence-electron chi connectivity index (χ4n) is 2.76. The first kappa shape index (κ1) is 11.5. The van der Waals surface area contributed by atoms with E-state index in [1.165, 1.54) is 37.7 Å². The van der Waals surface area contributed by atoms with Gasteiger partial charge in [-0.1, -0.05) is 31.4 Å². The molecule has 1 saturated carbocycles. The van der Waals surface area contributed by atoms with E-state index in [-0.39, 0.29) is 5.54 Å². The largest absolute Gasteiger partial charge is 0.497 e. The molecule has 2 rings (SSSR count). The van der Waals surface area contributed by atoms with Crippen LogP contribution in [0.4, 0.5) is 0 Å². The minimum Gasteiger partial charge on any atom is -0.497 e. The lowest BCUT2D eigenvalue weighted by Crippen LogP contribution is -2.41. The molecular weight excluding hydrogens is 198 g/mol. The molecule has 0 atom stereocenters. The monoisotopic (exact) mass is 219 g/mol. The number of methoxy groups -OCH3 is 1. The molecule has 16 heavy (non-hydrogen) atoms. The first-order valence-corrected chi connectivity index (χ1v) is 6.14. The number of hydrogen-bond acceptors (Lipinski definition) is 2. The summed E-state index contributed by atoms with van der Waals surface area (Å²) in [6, 6.07) is 8.48. The van der Waals surface area contributed by atoms with Crippen molar-refractivity contribution in [2.24, 2.45) is 0 Å². The molecule has 1 aliphatic rings. The van der Waals surface area contributed by atoms with E-state index in [0.29, 0.717) is 0 Å². The average Bonchev–Trinajstić information content (AvgIpc) is 2.39. The van der Waals surface area contributed by atoms with Gasteiger partial charge in [0.2, 0.25) is 0 Å². The van der Waals surface area contributed by atoms with Crippen molar-refractivity contribution < 1.29 is 4.74 Å². The Kier molecular flexibility index (Phi) is 3.49. The first-order valence-electron chi connectivity index (χ1n) is 6.14. The van der Waals surface area contributed by atoms with Crippen molar-refractivity contribution in [2.75, 3.05) is 14.2 Å². The maximum Gasteiger partial charge on any atom is 0.119 e. The third-order valence-corrected chi connectivity index (χ3v) is 3.81. The molecule has 1 fully saturated rings. The highest BCUT2D eigenvalue weighted by molar-refractivity contribution is 5.33. The van der Waals surface area contributed by atoms with Crippen molar-refractivity contribution in [3.8, 4) is 5.75 Å². The van der Waals surface area contributed by atoms with Gasteiger partial charge < -0.3 is 10.1 Å². The molecule has 0 aromatic heterocycles. The van der Waals surface area contributed by atoms with Gasteiger partial charge in [-0.3, -0.25) is 0 Å². The molecule has 2 heteroatoms. The van der Waals surface area contributed by atoms with Gasteiger partial charge in [-0.05, 0) is 37.6 Å². The number of ether oxygens (including phenoxy) is 1. The zero-order chi connectivity index (χ0) is 11.4. The molecule has 1 aromatic carbocycles. The van der Waals surface area contributed by atoms with Crippen LogP contribution < -0.4 is 10.1 Å². The van der Waals surface area contributed by atoms with Crippen molar-refractivity contribution >= 4 is 0 Å². The molecule has 2 nitrogen and oxygen atoms in total. The lowest BCUT2D eigenvalue weighted by Gasteiger charge is -2.37. The van der Waals surface area contributed by atoms with Crippen LogP contribution in [0.25, 0.3) is 0 Å². The molecule has 0 unspecified atom stereocenters. The van der Waals surface area contributed by atoms with Crippen molar-refractivity contribution in [2.45, 2.75) is 37.6 Å². The summed E-state index contributed by atoms with van der Waals surface area (Å²) < 4.78 is 5.31. The molecule has 0 bridgehead atoms. The highest BCUT2D eigenvalue weighted by Gasteiger charge is 2.32. The lowest BCUT2D eigenvalue weighted by atomic mass is 9.77. The van der Waals surface area contributed by atoms with E-state index < -0.39 is 0 Å². The summed E-state index contributed by atoms with van der Waals surface area (Å²) in [5.41, 5.74) is 1.54. The maximum atomic E-state index is 5.31. The van der Waals surface area contributed by atoms with E-state index in [2.05, 4.69) is 30.6 Å². The van der Waals surface area contributed by atoms with Crippen LogP contribution >= 0.6 is 0 Å². The molecule has 0 spiro atoms. The Morgan fingerprint density at radius 3 is 2.56 bits per heavy atom. The maximum absolute atomic E-state index is 5.31. The summed E-state index contributed by atoms with van der Waals surface area (Å²) in [7, 11) is 3.80. The van der Waals surface area contributed by atoms with E-state index in [9.17, 15) is 0 Å². The van der Waals surface area contributed by atoms with E-state index in [0.717, 1.165) is 5.75 Å². The van der Waals surface area contributed by atoms with Gasteiger partial charge >= 0.3 is 0 Å². The Labute approximate surface area is 98.0 Å². The van der Waals surface area contributed by atoms with Crippen LogP contribution in [-0.2, 0) is 5.54 Å². The standard InChI is InChI=1S/C14H21NO/c1-15-14(9-4-3-5-10-14)12-7-6-8-13(11-12)16-2/h6-8,11,15H,3-5,9-10H2,1-2H3. The molecule has 0 aliphatic heterocycles. The zero-order valence-corrected chi connectivity index (χ0v) is 10.3. The van der Waals surface area contributed by atoms with E-state index >= 15 is 0 Å². The molecule has 1 N–H and O–H groups in total. The fourth-order valence-corrected chi connectivity index (χ4v) is 2.76. The number of nitrogens with one attached hydrogen (secondary N) is 1. The fraction of sp³-hybridized carbons (Fsp3) is 0.571. The third-order valence-electron chi connectivity index (χ3n) is 3.81. The smallest absolute Gasteiger partial charge is 0.119 e. The quantitative estimate of drug-likeness (QED) is 0.843. The predicted octanol–water partition coefficient (Wildman–Crippen LogP) is 3.07. The van der Waals surface area contributed by atoms with Gasteiger partial charge in [0.05, 0.1) is 7.11 Å². The molecule has 0 heterocycles. The predicted molar refractivity (Wildman–Crippen MR) is 66.8 cm³/mol. The Morgan fingerprint density at radius 1 is 1.19 bits per heavy atom. The summed E-state index contributed by atoms with van der Waals surface area (Å²) in [5.74, 6) is 0.956. The van der Waals surface area contributed by atoms with Crippen LogP contribution in [0.2, 0.25) is 0 Å². The number of rotatable bonds is 3. The van der Waals surface area contributed by atoms with Crippen LogP contribution in [0.5, 0.6) is 5.75 Å². The zero-order valence-electron chi connectivity index (χ0n) is 10.3. The van der Waals surface area contributed by atoms with Crippen molar-refractivity contribution in [3.63, 3.8) is 0 Å². The summed E-state index contributed by atoms with van der Waals surface area (Å²) in [6.45, 7) is 0. The van der Waals surface area contributed by atoms with Gasteiger partial charge in [0.15, 0.2) is 0 Å². The van der Waals surface area contributed by atoms with Gasteiger partial charge in [0.1, 0.15) is 5.75 Å². The number of hydrogen-bond donors (Lipinski definition) is 1. The van der Waals surface area contributed by atoms with Gasteiger partial charge in [0.25, 0.3) is 0 Å². The van der Waals surface area contributed by atoms with Crippen molar-refractivity contribution in [3.05, 3.63) is 29.8 Å². The van der Waals surface area contributed by atoms with Crippen molar-refractivity contribution in [1.82, 2.24) is 5.32 Å². The first-order chi connectivity index (χ1) is 7.80. The van der Waals surface area contributed by atoms with Gasteiger partial charge in [-0.25, -0.2) is 0 Å². The van der Waals surface area contributed by atoms with Crippen LogP contribution in [0.1, 0.15) is 37.7 Å². The van der Waals surface area contributed by atoms with Crippen LogP contribution in [0.15, 0.2) is 24.3 Å². The lowest BCUT2D eigenvalue weighted by molar-refractivity contribution is 0.249. The highest BCUT2D eigenvalue weighted by atomic mass is 16.5. The second-order valence-electron chi connectivity index (χ2n) is 4.62. The molecule has 1 aliphatic carbocycles. The van der Waals surface area contributed by atoms with Crippen LogP contribution in [0, 0.1) is 0 Å². The summed E-state index contributed by atoms with van der Waals surface area (Å²) in [5, 5.41) is 3.53. The topological polar surface area (TPSA) is 21.3 Å². The van der Waals surface area contributed by atoms with Crippen molar-refractivity contribution in [1.29, 1.82) is 0 Å². The Balaban J connectivity index is 2.31. The van der Waals surface area contributed by atoms with E-state index in [4.69, 9.17) is 4.74 Å². The normalized spacial score (nSPS) is 19.4. The summed E-state index contributed by atoms with van der Waals surface area (Å²) in [4.78, 5) is 0. The molecular formula is C14H21NO. The average molecular weight is 219 g/mol. The van der Waals surface area contributed by atoms with Gasteiger partial charge in [0, 0.05) is 5.54 Å². The molecule has 1 aromatic rings. The van der Waals surface area contributed by atoms with Crippen LogP contribution in [0.3, 0.4) is 0 Å². The minimum absolute atomic E-state index is 0.173. The third kappa shape index (κ3) is 2.07.